The summed E-state index contributed by atoms with van der Waals surface area (Å²) in [7, 11) is 5.40. The van der Waals surface area contributed by atoms with Gasteiger partial charge in [-0.2, -0.15) is 0 Å². The number of aliphatic carboxylic acids is 1. The number of rotatable bonds is 5. The van der Waals surface area contributed by atoms with Crippen LogP contribution < -0.4 is 4.74 Å². The Balaban J connectivity index is 0.00000196. The minimum Gasteiger partial charge on any atom is -0.482 e. The molecule has 0 unspecified atom stereocenters. The molecule has 0 aliphatic heterocycles. The van der Waals surface area contributed by atoms with Crippen molar-refractivity contribution in [1.29, 1.82) is 0 Å². The topological polar surface area (TPSA) is 46.5 Å². The van der Waals surface area contributed by atoms with Gasteiger partial charge in [-0.25, -0.2) is 4.79 Å². The molecule has 0 spiro atoms. The second-order valence-electron chi connectivity index (χ2n) is 2.87. The van der Waals surface area contributed by atoms with E-state index in [-0.39, 0.29) is 39.3 Å². The van der Waals surface area contributed by atoms with Gasteiger partial charge in [-0.15, -0.1) is 0 Å². The van der Waals surface area contributed by atoms with Crippen molar-refractivity contribution < 1.29 is 47.3 Å². The fourth-order valence-corrected chi connectivity index (χ4v) is 1.10. The van der Waals surface area contributed by atoms with E-state index in [1.807, 2.05) is 12.1 Å². The predicted octanol–water partition coefficient (Wildman–Crippen LogP) is 1.28. The van der Waals surface area contributed by atoms with Crippen LogP contribution in [0.15, 0.2) is 24.3 Å². The van der Waals surface area contributed by atoms with Crippen molar-refractivity contribution in [2.24, 2.45) is 0 Å². The first kappa shape index (κ1) is 14.7. The summed E-state index contributed by atoms with van der Waals surface area (Å²) in [5.74, 6) is -0.410. The smallest absolute Gasteiger partial charge is 0.341 e. The van der Waals surface area contributed by atoms with Crippen LogP contribution in [0.3, 0.4) is 0 Å². The van der Waals surface area contributed by atoms with Gasteiger partial charge in [0.15, 0.2) is 6.61 Å². The van der Waals surface area contributed by atoms with E-state index >= 15 is 0 Å². The maximum atomic E-state index is 10.2. The molecule has 0 saturated carbocycles. The molecular weight excluding hydrogens is 268 g/mol. The minimum atomic E-state index is -0.978. The van der Waals surface area contributed by atoms with Crippen molar-refractivity contribution in [2.75, 3.05) is 6.61 Å². The average molecular weight is 279 g/mol. The molecule has 3 nitrogen and oxygen atoms in total. The summed E-state index contributed by atoms with van der Waals surface area (Å²) < 4.78 is 5.01. The number of carbonyl (C=O) groups is 1. The van der Waals surface area contributed by atoms with E-state index in [1.54, 1.807) is 12.1 Å². The molecule has 1 rings (SSSR count). The fraction of sp³-hybridized carbons (Fsp3) is 0.300. The molecule has 0 aliphatic carbocycles. The molecule has 15 heavy (non-hydrogen) atoms. The third kappa shape index (κ3) is 5.95. The molecular formula is C10H11BO3Y. The fourth-order valence-electron chi connectivity index (χ4n) is 1.10. The first-order valence-electron chi connectivity index (χ1n) is 4.36. The summed E-state index contributed by atoms with van der Waals surface area (Å²) in [6.07, 6.45) is 1.34. The largest absolute Gasteiger partial charge is 0.482 e. The van der Waals surface area contributed by atoms with Gasteiger partial charge in [0.2, 0.25) is 0 Å². The summed E-state index contributed by atoms with van der Waals surface area (Å²) in [5, 5.41) is 8.40. The molecule has 5 heteroatoms. The van der Waals surface area contributed by atoms with Crippen molar-refractivity contribution >= 4 is 13.8 Å². The zero-order chi connectivity index (χ0) is 10.4. The van der Waals surface area contributed by atoms with Crippen molar-refractivity contribution in [1.82, 2.24) is 0 Å². The Kier molecular flexibility index (Phi) is 7.71. The Morgan fingerprint density at radius 3 is 2.80 bits per heavy atom. The van der Waals surface area contributed by atoms with Gasteiger partial charge in [0.05, 0.1) is 7.85 Å². The molecule has 0 aromatic heterocycles. The van der Waals surface area contributed by atoms with Gasteiger partial charge in [0.25, 0.3) is 0 Å². The van der Waals surface area contributed by atoms with Crippen LogP contribution >= 0.6 is 0 Å². The number of hydrogen-bond donors (Lipinski definition) is 1. The second-order valence-corrected chi connectivity index (χ2v) is 2.87. The third-order valence-corrected chi connectivity index (χ3v) is 1.69. The summed E-state index contributed by atoms with van der Waals surface area (Å²) in [6, 6.07) is 7.28. The molecule has 0 heterocycles. The Morgan fingerprint density at radius 1 is 1.47 bits per heavy atom. The van der Waals surface area contributed by atoms with E-state index in [2.05, 4.69) is 0 Å². The maximum Gasteiger partial charge on any atom is 0.341 e. The molecule has 75 valence electrons. The zero-order valence-corrected chi connectivity index (χ0v) is 11.2. The van der Waals surface area contributed by atoms with E-state index in [0.29, 0.717) is 12.1 Å². The summed E-state index contributed by atoms with van der Waals surface area (Å²) in [5.41, 5.74) is 1.05. The number of carboxylic acid groups (broad SMARTS) is 1. The Hall–Kier alpha value is -0.341. The first-order chi connectivity index (χ1) is 6.72. The monoisotopic (exact) mass is 279 g/mol. The predicted molar refractivity (Wildman–Crippen MR) is 53.8 cm³/mol. The van der Waals surface area contributed by atoms with Gasteiger partial charge >= 0.3 is 5.97 Å². The van der Waals surface area contributed by atoms with Gasteiger partial charge in [0.1, 0.15) is 5.75 Å². The molecule has 0 amide bonds. The summed E-state index contributed by atoms with van der Waals surface area (Å²) in [6.45, 7) is -0.313. The van der Waals surface area contributed by atoms with Crippen LogP contribution in [0.2, 0.25) is 6.32 Å². The third-order valence-electron chi connectivity index (χ3n) is 1.69. The van der Waals surface area contributed by atoms with Crippen LogP contribution in [0.25, 0.3) is 0 Å². The van der Waals surface area contributed by atoms with Gasteiger partial charge in [0, 0.05) is 32.7 Å². The number of benzene rings is 1. The van der Waals surface area contributed by atoms with E-state index < -0.39 is 5.97 Å². The first-order valence-corrected chi connectivity index (χ1v) is 4.36. The SMILES string of the molecule is [B]CCc1cccc(OCC(=O)O)c1.[Y]. The van der Waals surface area contributed by atoms with E-state index in [0.717, 1.165) is 12.0 Å². The summed E-state index contributed by atoms with van der Waals surface area (Å²) in [4.78, 5) is 10.2. The average Bonchev–Trinajstić information content (AvgIpc) is 2.16. The van der Waals surface area contributed by atoms with Crippen molar-refractivity contribution in [3.05, 3.63) is 29.8 Å². The maximum absolute atomic E-state index is 10.2. The van der Waals surface area contributed by atoms with Crippen LogP contribution in [0, 0.1) is 0 Å². The molecule has 1 aromatic rings. The molecule has 0 aliphatic rings. The molecule has 3 radical (unpaired) electrons. The van der Waals surface area contributed by atoms with Gasteiger partial charge in [-0.1, -0.05) is 18.5 Å². The van der Waals surface area contributed by atoms with Crippen LogP contribution in [0.1, 0.15) is 5.56 Å². The normalized spacial score (nSPS) is 9.07. The molecule has 0 fully saturated rings. The van der Waals surface area contributed by atoms with Crippen molar-refractivity contribution in [3.8, 4) is 5.75 Å². The van der Waals surface area contributed by atoms with Gasteiger partial charge < -0.3 is 9.84 Å². The van der Waals surface area contributed by atoms with Crippen LogP contribution in [-0.4, -0.2) is 25.5 Å². The molecule has 1 aromatic carbocycles. The minimum absolute atomic E-state index is 0. The summed E-state index contributed by atoms with van der Waals surface area (Å²) >= 11 is 0. The van der Waals surface area contributed by atoms with Gasteiger partial charge in [-0.3, -0.25) is 0 Å². The Labute approximate surface area is 115 Å². The quantitative estimate of drug-likeness (QED) is 0.826. The number of hydrogen-bond acceptors (Lipinski definition) is 2. The number of carboxylic acids is 1. The molecule has 0 bridgehead atoms. The standard InChI is InChI=1S/C10H11BO3.Y/c11-5-4-8-2-1-3-9(6-8)14-7-10(12)13;/h1-3,6H,4-5,7H2,(H,12,13);. The molecule has 1 N–H and O–H groups in total. The van der Waals surface area contributed by atoms with Crippen LogP contribution in [0.4, 0.5) is 0 Å². The zero-order valence-electron chi connectivity index (χ0n) is 8.35. The molecule has 0 atom stereocenters. The van der Waals surface area contributed by atoms with Crippen LogP contribution in [0.5, 0.6) is 5.75 Å². The van der Waals surface area contributed by atoms with Crippen molar-refractivity contribution in [2.45, 2.75) is 12.7 Å². The van der Waals surface area contributed by atoms with Gasteiger partial charge in [-0.05, 0) is 24.1 Å². The van der Waals surface area contributed by atoms with E-state index in [1.165, 1.54) is 0 Å². The molecule has 0 saturated heterocycles. The number of aryl methyl sites for hydroxylation is 1. The second kappa shape index (κ2) is 7.89. The van der Waals surface area contributed by atoms with Crippen LogP contribution in [-0.2, 0) is 43.9 Å². The van der Waals surface area contributed by atoms with Crippen molar-refractivity contribution in [3.63, 3.8) is 0 Å². The van der Waals surface area contributed by atoms with E-state index in [4.69, 9.17) is 17.7 Å². The Morgan fingerprint density at radius 2 is 2.20 bits per heavy atom. The number of ether oxygens (including phenoxy) is 1. The van der Waals surface area contributed by atoms with E-state index in [9.17, 15) is 4.79 Å². The Bertz CT molecular complexity index is 317.